The zero-order valence-corrected chi connectivity index (χ0v) is 15.5. The number of alkyl halides is 3. The predicted molar refractivity (Wildman–Crippen MR) is 90.4 cm³/mol. The normalized spacial score (nSPS) is 14.0. The summed E-state index contributed by atoms with van der Waals surface area (Å²) < 4.78 is 86.3. The molecule has 2 aromatic rings. The second-order valence-corrected chi connectivity index (χ2v) is 10.0. The highest BCUT2D eigenvalue weighted by Crippen LogP contribution is 2.25. The molecule has 0 aliphatic heterocycles. The van der Waals surface area contributed by atoms with Crippen LogP contribution in [0.15, 0.2) is 64.4 Å². The van der Waals surface area contributed by atoms with Crippen molar-refractivity contribution in [2.24, 2.45) is 0 Å². The summed E-state index contributed by atoms with van der Waals surface area (Å²) in [6, 6.07) is 15.0. The van der Waals surface area contributed by atoms with Crippen molar-refractivity contribution in [1.82, 2.24) is 4.13 Å². The van der Waals surface area contributed by atoms with Crippen LogP contribution in [0.25, 0.3) is 0 Å². The lowest BCUT2D eigenvalue weighted by molar-refractivity contribution is -0.0442. The molecular weight excluding hydrogens is 415 g/mol. The van der Waals surface area contributed by atoms with Crippen molar-refractivity contribution in [2.75, 3.05) is 6.26 Å². The largest absolute Gasteiger partial charge is 0.512 e. The molecule has 0 bridgehead atoms. The minimum Gasteiger partial charge on any atom is -0.370 e. The van der Waals surface area contributed by atoms with Crippen LogP contribution in [-0.4, -0.2) is 28.6 Å². The lowest BCUT2D eigenvalue weighted by atomic mass is 10.3. The van der Waals surface area contributed by atoms with Crippen molar-refractivity contribution < 1.29 is 34.2 Å². The average molecular weight is 428 g/mol. The maximum Gasteiger partial charge on any atom is 0.512 e. The predicted octanol–water partition coefficient (Wildman–Crippen LogP) is 2.42. The third-order valence-electron chi connectivity index (χ3n) is 3.00. The van der Waals surface area contributed by atoms with Crippen molar-refractivity contribution in [1.29, 1.82) is 0 Å². The third-order valence-corrected chi connectivity index (χ3v) is 7.67. The minimum atomic E-state index is -6.09. The molecule has 0 amide bonds. The Morgan fingerprint density at radius 1 is 0.885 bits per heavy atom. The first-order valence-corrected chi connectivity index (χ1v) is 11.3. The standard InChI is InChI=1S/C14H13F3NO5S3/c1-24(12-5-3-2-4-6-12)13-9-7-11(8-10-13)23-26(21,22)18-25(19,20)14(15,16)17/h2-10,18H,1H3/q+1. The lowest BCUT2D eigenvalue weighted by Crippen LogP contribution is -2.42. The fraction of sp³-hybridized carbons (Fsp3) is 0.143. The van der Waals surface area contributed by atoms with Gasteiger partial charge >= 0.3 is 25.8 Å². The summed E-state index contributed by atoms with van der Waals surface area (Å²) in [5.41, 5.74) is -5.78. The van der Waals surface area contributed by atoms with Crippen molar-refractivity contribution in [3.8, 4) is 5.75 Å². The number of benzene rings is 2. The molecule has 0 aliphatic carbocycles. The van der Waals surface area contributed by atoms with Crippen molar-refractivity contribution in [3.63, 3.8) is 0 Å². The van der Waals surface area contributed by atoms with Crippen molar-refractivity contribution in [2.45, 2.75) is 15.3 Å². The Kier molecular flexibility index (Phi) is 5.90. The third kappa shape index (κ3) is 5.13. The topological polar surface area (TPSA) is 89.5 Å². The summed E-state index contributed by atoms with van der Waals surface area (Å²) in [6.45, 7) is 0. The fourth-order valence-corrected chi connectivity index (χ4v) is 5.12. The van der Waals surface area contributed by atoms with Crippen molar-refractivity contribution >= 4 is 31.2 Å². The van der Waals surface area contributed by atoms with Gasteiger partial charge in [-0.25, -0.2) is 8.42 Å². The van der Waals surface area contributed by atoms with Gasteiger partial charge in [-0.05, 0) is 36.4 Å². The molecule has 0 radical (unpaired) electrons. The molecule has 26 heavy (non-hydrogen) atoms. The quantitative estimate of drug-likeness (QED) is 0.714. The number of rotatable bonds is 6. The Bertz CT molecular complexity index is 959. The van der Waals surface area contributed by atoms with Gasteiger partial charge in [-0.15, -0.1) is 0 Å². The van der Waals surface area contributed by atoms with E-state index in [0.29, 0.717) is 4.13 Å². The second-order valence-electron chi connectivity index (χ2n) is 4.86. The van der Waals surface area contributed by atoms with Crippen LogP contribution in [0.4, 0.5) is 13.2 Å². The van der Waals surface area contributed by atoms with Crippen LogP contribution in [0, 0.1) is 0 Å². The van der Waals surface area contributed by atoms with Crippen LogP contribution < -0.4 is 8.31 Å². The lowest BCUT2D eigenvalue weighted by Gasteiger charge is -2.11. The minimum absolute atomic E-state index is 0.321. The number of hydrogen-bond acceptors (Lipinski definition) is 5. The van der Waals surface area contributed by atoms with Gasteiger partial charge in [0.1, 0.15) is 12.0 Å². The highest BCUT2D eigenvalue weighted by atomic mass is 32.3. The molecule has 1 unspecified atom stereocenters. The molecule has 0 aromatic heterocycles. The van der Waals surface area contributed by atoms with E-state index in [1.165, 1.54) is 12.1 Å². The van der Waals surface area contributed by atoms with E-state index in [2.05, 4.69) is 4.18 Å². The summed E-state index contributed by atoms with van der Waals surface area (Å²) in [5.74, 6) is -0.330. The number of hydrogen-bond donors (Lipinski definition) is 1. The summed E-state index contributed by atoms with van der Waals surface area (Å²) in [6.07, 6.45) is 1.94. The van der Waals surface area contributed by atoms with Gasteiger partial charge in [0, 0.05) is 0 Å². The van der Waals surface area contributed by atoms with Crippen LogP contribution in [0.3, 0.4) is 0 Å². The molecule has 0 aliphatic rings. The average Bonchev–Trinajstić information content (AvgIpc) is 2.53. The van der Waals surface area contributed by atoms with E-state index >= 15 is 0 Å². The first-order chi connectivity index (χ1) is 11.9. The maximum atomic E-state index is 12.2. The van der Waals surface area contributed by atoms with Crippen LogP contribution in [0.5, 0.6) is 5.75 Å². The Hall–Kier alpha value is -1.76. The molecule has 2 rings (SSSR count). The number of nitrogens with one attached hydrogen (secondary N) is 1. The first kappa shape index (κ1) is 20.6. The zero-order chi connectivity index (χ0) is 19.6. The SMILES string of the molecule is C[S+](c1ccccc1)c1ccc(OS(=O)(=O)NS(=O)(=O)C(F)(F)F)cc1. The maximum absolute atomic E-state index is 12.2. The molecule has 12 heteroatoms. The Labute approximate surface area is 151 Å². The van der Waals surface area contributed by atoms with E-state index < -0.39 is 25.8 Å². The van der Waals surface area contributed by atoms with E-state index in [1.54, 1.807) is 12.1 Å². The highest BCUT2D eigenvalue weighted by molar-refractivity contribution is 8.03. The van der Waals surface area contributed by atoms with Gasteiger partial charge in [0.15, 0.2) is 9.79 Å². The Morgan fingerprint density at radius 3 is 1.88 bits per heavy atom. The summed E-state index contributed by atoms with van der Waals surface area (Å²) >= 11 is 0. The molecule has 0 saturated heterocycles. The van der Waals surface area contributed by atoms with Crippen LogP contribution in [-0.2, 0) is 31.2 Å². The molecule has 0 saturated carbocycles. The smallest absolute Gasteiger partial charge is 0.370 e. The van der Waals surface area contributed by atoms with Gasteiger partial charge in [0.25, 0.3) is 0 Å². The summed E-state index contributed by atoms with van der Waals surface area (Å²) in [5, 5.41) is 0. The van der Waals surface area contributed by atoms with E-state index in [0.717, 1.165) is 9.79 Å². The van der Waals surface area contributed by atoms with Gasteiger partial charge in [0.2, 0.25) is 0 Å². The molecule has 142 valence electrons. The molecule has 2 aromatic carbocycles. The molecule has 0 spiro atoms. The van der Waals surface area contributed by atoms with Gasteiger partial charge < -0.3 is 4.18 Å². The molecule has 0 fully saturated rings. The Balaban J connectivity index is 2.14. The molecule has 6 nitrogen and oxygen atoms in total. The monoisotopic (exact) mass is 428 g/mol. The van der Waals surface area contributed by atoms with Crippen LogP contribution >= 0.6 is 0 Å². The number of halogens is 3. The van der Waals surface area contributed by atoms with E-state index in [1.807, 2.05) is 36.6 Å². The first-order valence-electron chi connectivity index (χ1n) is 6.77. The Morgan fingerprint density at radius 2 is 1.38 bits per heavy atom. The second kappa shape index (κ2) is 7.47. The van der Waals surface area contributed by atoms with E-state index in [9.17, 15) is 30.0 Å². The molecule has 1 atom stereocenters. The molecular formula is C14H13F3NO5S3+. The van der Waals surface area contributed by atoms with Crippen LogP contribution in [0.1, 0.15) is 0 Å². The van der Waals surface area contributed by atoms with Gasteiger partial charge in [-0.3, -0.25) is 0 Å². The van der Waals surface area contributed by atoms with E-state index in [-0.39, 0.29) is 16.6 Å². The zero-order valence-electron chi connectivity index (χ0n) is 13.1. The number of sulfonamides is 1. The van der Waals surface area contributed by atoms with Gasteiger partial charge in [-0.2, -0.15) is 21.6 Å². The molecule has 1 N–H and O–H groups in total. The summed E-state index contributed by atoms with van der Waals surface area (Å²) in [4.78, 5) is 1.86. The fourth-order valence-electron chi connectivity index (χ4n) is 1.79. The van der Waals surface area contributed by atoms with Crippen molar-refractivity contribution in [3.05, 3.63) is 54.6 Å². The summed E-state index contributed by atoms with van der Waals surface area (Å²) in [7, 11) is -11.6. The highest BCUT2D eigenvalue weighted by Gasteiger charge is 2.48. The van der Waals surface area contributed by atoms with E-state index in [4.69, 9.17) is 0 Å². The van der Waals surface area contributed by atoms with Gasteiger partial charge in [0.05, 0.1) is 10.9 Å². The van der Waals surface area contributed by atoms with Crippen LogP contribution in [0.2, 0.25) is 0 Å². The molecule has 0 heterocycles. The van der Waals surface area contributed by atoms with Gasteiger partial charge in [-0.1, -0.05) is 22.3 Å².